The van der Waals surface area contributed by atoms with Crippen LogP contribution in [0.3, 0.4) is 0 Å². The molecule has 0 bridgehead atoms. The molecule has 150 valence electrons. The zero-order valence-corrected chi connectivity index (χ0v) is 17.3. The van der Waals surface area contributed by atoms with Crippen molar-refractivity contribution in [3.8, 4) is 11.1 Å². The summed E-state index contributed by atoms with van der Waals surface area (Å²) >= 11 is 0. The van der Waals surface area contributed by atoms with Crippen LogP contribution in [0.1, 0.15) is 29.3 Å². The highest BCUT2D eigenvalue weighted by Crippen LogP contribution is 2.25. The van der Waals surface area contributed by atoms with Gasteiger partial charge in [-0.2, -0.15) is 0 Å². The number of hydrogen-bond acceptors (Lipinski definition) is 3. The van der Waals surface area contributed by atoms with Gasteiger partial charge < -0.3 is 5.32 Å². The minimum atomic E-state index is -3.40. The lowest BCUT2D eigenvalue weighted by atomic mass is 10.0. The van der Waals surface area contributed by atoms with Gasteiger partial charge in [-0.3, -0.25) is 9.52 Å². The topological polar surface area (TPSA) is 75.3 Å². The predicted molar refractivity (Wildman–Crippen MR) is 119 cm³/mol. The lowest BCUT2D eigenvalue weighted by molar-refractivity contribution is 0.102. The largest absolute Gasteiger partial charge is 0.322 e. The summed E-state index contributed by atoms with van der Waals surface area (Å²) in [7, 11) is -3.40. The second-order valence-corrected chi connectivity index (χ2v) is 8.64. The number of nitrogens with one attached hydrogen (secondary N) is 2. The summed E-state index contributed by atoms with van der Waals surface area (Å²) in [5, 5.41) is 2.87. The van der Waals surface area contributed by atoms with Crippen LogP contribution < -0.4 is 10.0 Å². The first-order chi connectivity index (χ1) is 13.9. The summed E-state index contributed by atoms with van der Waals surface area (Å²) in [6.07, 6.45) is 0.532. The SMILES string of the molecule is CCCS(=O)(=O)Nc1cccc(NC(=O)c2ccc(-c3ccccc3)cc2)c1C. The van der Waals surface area contributed by atoms with E-state index in [1.54, 1.807) is 37.3 Å². The molecule has 0 heterocycles. The van der Waals surface area contributed by atoms with E-state index in [0.717, 1.165) is 11.1 Å². The third-order valence-electron chi connectivity index (χ3n) is 4.57. The zero-order valence-electron chi connectivity index (χ0n) is 16.5. The normalized spacial score (nSPS) is 11.1. The third kappa shape index (κ3) is 5.23. The summed E-state index contributed by atoms with van der Waals surface area (Å²) < 4.78 is 26.7. The van der Waals surface area contributed by atoms with E-state index >= 15 is 0 Å². The monoisotopic (exact) mass is 408 g/mol. The number of carbonyl (C=O) groups excluding carboxylic acids is 1. The fraction of sp³-hybridized carbons (Fsp3) is 0.174. The first kappa shape index (κ1) is 20.6. The Labute approximate surface area is 171 Å². The maximum atomic E-state index is 12.7. The van der Waals surface area contributed by atoms with Gasteiger partial charge in [-0.15, -0.1) is 0 Å². The Morgan fingerprint density at radius 3 is 2.10 bits per heavy atom. The Bertz CT molecular complexity index is 1090. The van der Waals surface area contributed by atoms with E-state index in [0.29, 0.717) is 28.9 Å². The molecule has 3 aromatic rings. The smallest absolute Gasteiger partial charge is 0.255 e. The molecular weight excluding hydrogens is 384 g/mol. The molecule has 0 unspecified atom stereocenters. The molecule has 1 amide bonds. The molecule has 2 N–H and O–H groups in total. The van der Waals surface area contributed by atoms with Crippen LogP contribution in [0.2, 0.25) is 0 Å². The lowest BCUT2D eigenvalue weighted by Crippen LogP contribution is -2.18. The summed E-state index contributed by atoms with van der Waals surface area (Å²) in [5.41, 5.74) is 4.35. The average Bonchev–Trinajstić information content (AvgIpc) is 2.71. The van der Waals surface area contributed by atoms with E-state index in [4.69, 9.17) is 0 Å². The second-order valence-electron chi connectivity index (χ2n) is 6.80. The number of carbonyl (C=O) groups is 1. The Balaban J connectivity index is 1.76. The van der Waals surface area contributed by atoms with Crippen molar-refractivity contribution in [2.24, 2.45) is 0 Å². The molecule has 0 aliphatic rings. The molecule has 0 aliphatic carbocycles. The molecule has 29 heavy (non-hydrogen) atoms. The third-order valence-corrected chi connectivity index (χ3v) is 6.05. The fourth-order valence-electron chi connectivity index (χ4n) is 3.01. The Morgan fingerprint density at radius 2 is 1.45 bits per heavy atom. The number of sulfonamides is 1. The molecule has 6 heteroatoms. The zero-order chi connectivity index (χ0) is 20.9. The first-order valence-corrected chi connectivity index (χ1v) is 11.1. The number of anilines is 2. The summed E-state index contributed by atoms with van der Waals surface area (Å²) in [4.78, 5) is 12.7. The molecule has 0 saturated heterocycles. The summed E-state index contributed by atoms with van der Waals surface area (Å²) in [6.45, 7) is 3.59. The number of hydrogen-bond donors (Lipinski definition) is 2. The van der Waals surface area contributed by atoms with Crippen molar-refractivity contribution in [2.75, 3.05) is 15.8 Å². The average molecular weight is 409 g/mol. The van der Waals surface area contributed by atoms with Crippen LogP contribution in [0.15, 0.2) is 72.8 Å². The quantitative estimate of drug-likeness (QED) is 0.573. The van der Waals surface area contributed by atoms with Gasteiger partial charge in [-0.05, 0) is 54.3 Å². The van der Waals surface area contributed by atoms with Crippen LogP contribution >= 0.6 is 0 Å². The maximum absolute atomic E-state index is 12.7. The molecule has 3 aromatic carbocycles. The van der Waals surface area contributed by atoms with Crippen LogP contribution in [0.25, 0.3) is 11.1 Å². The molecule has 0 saturated carbocycles. The van der Waals surface area contributed by atoms with Crippen molar-refractivity contribution in [1.82, 2.24) is 0 Å². The summed E-state index contributed by atoms with van der Waals surface area (Å²) in [5.74, 6) is -0.196. The standard InChI is InChI=1S/C23H24N2O3S/c1-3-16-29(27,28)25-22-11-7-10-21(17(22)2)24-23(26)20-14-12-19(13-15-20)18-8-5-4-6-9-18/h4-15,25H,3,16H2,1-2H3,(H,24,26). The Hall–Kier alpha value is -3.12. The minimum Gasteiger partial charge on any atom is -0.322 e. The van der Waals surface area contributed by atoms with E-state index in [9.17, 15) is 13.2 Å². The molecular formula is C23H24N2O3S. The van der Waals surface area contributed by atoms with Gasteiger partial charge >= 0.3 is 0 Å². The molecule has 0 atom stereocenters. The van der Waals surface area contributed by atoms with E-state index in [2.05, 4.69) is 10.0 Å². The van der Waals surface area contributed by atoms with E-state index in [1.807, 2.05) is 49.4 Å². The van der Waals surface area contributed by atoms with Crippen LogP contribution in [0.5, 0.6) is 0 Å². The van der Waals surface area contributed by atoms with Crippen LogP contribution in [0.4, 0.5) is 11.4 Å². The molecule has 0 spiro atoms. The molecule has 0 aromatic heterocycles. The highest BCUT2D eigenvalue weighted by molar-refractivity contribution is 7.92. The summed E-state index contributed by atoms with van der Waals surface area (Å²) in [6, 6.07) is 22.5. The van der Waals surface area contributed by atoms with Gasteiger partial charge in [-0.1, -0.05) is 55.5 Å². The fourth-order valence-corrected chi connectivity index (χ4v) is 4.20. The van der Waals surface area contributed by atoms with Crippen LogP contribution in [-0.2, 0) is 10.0 Å². The minimum absolute atomic E-state index is 0.0524. The van der Waals surface area contributed by atoms with Gasteiger partial charge in [0.2, 0.25) is 10.0 Å². The number of benzene rings is 3. The van der Waals surface area contributed by atoms with Gasteiger partial charge in [0.15, 0.2) is 0 Å². The van der Waals surface area contributed by atoms with Crippen LogP contribution in [0, 0.1) is 6.92 Å². The van der Waals surface area contributed by atoms with Gasteiger partial charge in [-0.25, -0.2) is 8.42 Å². The van der Waals surface area contributed by atoms with Crippen molar-refractivity contribution >= 4 is 27.3 Å². The van der Waals surface area contributed by atoms with Crippen molar-refractivity contribution in [2.45, 2.75) is 20.3 Å². The maximum Gasteiger partial charge on any atom is 0.255 e. The molecule has 0 fully saturated rings. The first-order valence-electron chi connectivity index (χ1n) is 9.46. The van der Waals surface area contributed by atoms with Crippen molar-refractivity contribution < 1.29 is 13.2 Å². The molecule has 5 nitrogen and oxygen atoms in total. The molecule has 3 rings (SSSR count). The van der Waals surface area contributed by atoms with Gasteiger partial charge in [0, 0.05) is 11.3 Å². The van der Waals surface area contributed by atoms with Gasteiger partial charge in [0.05, 0.1) is 11.4 Å². The highest BCUT2D eigenvalue weighted by Gasteiger charge is 2.14. The van der Waals surface area contributed by atoms with Crippen molar-refractivity contribution in [1.29, 1.82) is 0 Å². The van der Waals surface area contributed by atoms with Crippen molar-refractivity contribution in [3.05, 3.63) is 83.9 Å². The van der Waals surface area contributed by atoms with E-state index < -0.39 is 10.0 Å². The lowest BCUT2D eigenvalue weighted by Gasteiger charge is -2.14. The number of rotatable bonds is 7. The van der Waals surface area contributed by atoms with Gasteiger partial charge in [0.25, 0.3) is 5.91 Å². The number of amides is 1. The van der Waals surface area contributed by atoms with E-state index in [-0.39, 0.29) is 11.7 Å². The highest BCUT2D eigenvalue weighted by atomic mass is 32.2. The second kappa shape index (κ2) is 8.92. The van der Waals surface area contributed by atoms with Crippen LogP contribution in [-0.4, -0.2) is 20.1 Å². The Morgan fingerprint density at radius 1 is 0.828 bits per heavy atom. The van der Waals surface area contributed by atoms with Crippen molar-refractivity contribution in [3.63, 3.8) is 0 Å². The van der Waals surface area contributed by atoms with E-state index in [1.165, 1.54) is 0 Å². The van der Waals surface area contributed by atoms with Gasteiger partial charge in [0.1, 0.15) is 0 Å². The predicted octanol–water partition coefficient (Wildman–Crippen LogP) is 5.07. The Kier molecular flexibility index (Phi) is 6.34. The molecule has 0 radical (unpaired) electrons. The molecule has 0 aliphatic heterocycles.